The summed E-state index contributed by atoms with van der Waals surface area (Å²) in [5.41, 5.74) is 2.73. The third-order valence-electron chi connectivity index (χ3n) is 3.78. The molecule has 1 aliphatic rings. The number of hydrogen-bond donors (Lipinski definition) is 1. The lowest BCUT2D eigenvalue weighted by Gasteiger charge is -2.28. The van der Waals surface area contributed by atoms with Gasteiger partial charge in [-0.2, -0.15) is 0 Å². The molecule has 0 amide bonds. The van der Waals surface area contributed by atoms with Gasteiger partial charge >= 0.3 is 0 Å². The second kappa shape index (κ2) is 6.74. The monoisotopic (exact) mass is 247 g/mol. The van der Waals surface area contributed by atoms with Crippen LogP contribution in [0.2, 0.25) is 0 Å². The molecule has 18 heavy (non-hydrogen) atoms. The number of nitrogens with zero attached hydrogens (tertiary/aromatic N) is 2. The summed E-state index contributed by atoms with van der Waals surface area (Å²) in [7, 11) is 0. The zero-order chi connectivity index (χ0) is 12.8. The second-order valence-electron chi connectivity index (χ2n) is 5.08. The molecule has 1 aliphatic heterocycles. The molecule has 2 rings (SSSR count). The average molecular weight is 247 g/mol. The van der Waals surface area contributed by atoms with Crippen molar-refractivity contribution in [1.82, 2.24) is 10.3 Å². The van der Waals surface area contributed by atoms with E-state index in [2.05, 4.69) is 35.1 Å². The van der Waals surface area contributed by atoms with E-state index >= 15 is 0 Å². The van der Waals surface area contributed by atoms with Crippen LogP contribution in [0.25, 0.3) is 0 Å². The molecule has 1 fully saturated rings. The van der Waals surface area contributed by atoms with Gasteiger partial charge in [0, 0.05) is 42.8 Å². The highest BCUT2D eigenvalue weighted by atomic mass is 15.2. The molecule has 0 aromatic carbocycles. The number of rotatable bonds is 6. The Balaban J connectivity index is 2.11. The van der Waals surface area contributed by atoms with Crippen molar-refractivity contribution in [2.75, 3.05) is 18.0 Å². The molecule has 1 aromatic heterocycles. The van der Waals surface area contributed by atoms with E-state index in [1.807, 2.05) is 12.4 Å². The van der Waals surface area contributed by atoms with Crippen molar-refractivity contribution in [2.45, 2.75) is 52.1 Å². The highest BCUT2D eigenvalue weighted by Crippen LogP contribution is 2.29. The molecule has 3 heteroatoms. The van der Waals surface area contributed by atoms with Crippen LogP contribution in [0.1, 0.15) is 45.1 Å². The zero-order valence-corrected chi connectivity index (χ0v) is 11.7. The summed E-state index contributed by atoms with van der Waals surface area (Å²) in [4.78, 5) is 6.85. The standard InChI is InChI=1S/C15H25N3/c1-3-8-16-11-13-12-17-9-7-15(13)18-10-5-6-14(18)4-2/h7,9,12,14,16H,3-6,8,10-11H2,1-2H3. The summed E-state index contributed by atoms with van der Waals surface area (Å²) >= 11 is 0. The van der Waals surface area contributed by atoms with E-state index in [9.17, 15) is 0 Å². The Bertz CT molecular complexity index is 365. The predicted molar refractivity (Wildman–Crippen MR) is 76.9 cm³/mol. The van der Waals surface area contributed by atoms with Crippen LogP contribution in [0.5, 0.6) is 0 Å². The van der Waals surface area contributed by atoms with Crippen molar-refractivity contribution in [3.63, 3.8) is 0 Å². The van der Waals surface area contributed by atoms with Crippen LogP contribution in [-0.4, -0.2) is 24.1 Å². The Morgan fingerprint density at radius 2 is 2.33 bits per heavy atom. The van der Waals surface area contributed by atoms with Crippen LogP contribution >= 0.6 is 0 Å². The summed E-state index contributed by atoms with van der Waals surface area (Å²) < 4.78 is 0. The Hall–Kier alpha value is -1.09. The van der Waals surface area contributed by atoms with Crippen molar-refractivity contribution in [3.05, 3.63) is 24.0 Å². The van der Waals surface area contributed by atoms with Gasteiger partial charge < -0.3 is 10.2 Å². The number of pyridine rings is 1. The Morgan fingerprint density at radius 1 is 1.44 bits per heavy atom. The van der Waals surface area contributed by atoms with Crippen LogP contribution in [0.4, 0.5) is 5.69 Å². The minimum Gasteiger partial charge on any atom is -0.368 e. The van der Waals surface area contributed by atoms with Gasteiger partial charge in [0.05, 0.1) is 0 Å². The largest absolute Gasteiger partial charge is 0.368 e. The van der Waals surface area contributed by atoms with Crippen LogP contribution in [-0.2, 0) is 6.54 Å². The molecule has 3 nitrogen and oxygen atoms in total. The van der Waals surface area contributed by atoms with Gasteiger partial charge in [-0.3, -0.25) is 4.98 Å². The fraction of sp³-hybridized carbons (Fsp3) is 0.667. The first-order chi connectivity index (χ1) is 8.86. The molecule has 0 aliphatic carbocycles. The molecular weight excluding hydrogens is 222 g/mol. The van der Waals surface area contributed by atoms with Gasteiger partial charge in [-0.25, -0.2) is 0 Å². The fourth-order valence-electron chi connectivity index (χ4n) is 2.81. The molecule has 1 saturated heterocycles. The van der Waals surface area contributed by atoms with Gasteiger partial charge in [-0.1, -0.05) is 13.8 Å². The maximum Gasteiger partial charge on any atom is 0.0445 e. The van der Waals surface area contributed by atoms with Crippen LogP contribution in [0.3, 0.4) is 0 Å². The highest BCUT2D eigenvalue weighted by molar-refractivity contribution is 5.53. The van der Waals surface area contributed by atoms with Crippen molar-refractivity contribution in [3.8, 4) is 0 Å². The normalized spacial score (nSPS) is 19.4. The first-order valence-corrected chi connectivity index (χ1v) is 7.27. The van der Waals surface area contributed by atoms with Crippen molar-refractivity contribution in [2.24, 2.45) is 0 Å². The van der Waals surface area contributed by atoms with Crippen molar-refractivity contribution in [1.29, 1.82) is 0 Å². The molecule has 1 atom stereocenters. The van der Waals surface area contributed by atoms with E-state index in [1.54, 1.807) is 0 Å². The topological polar surface area (TPSA) is 28.2 Å². The Labute approximate surface area is 111 Å². The molecule has 0 radical (unpaired) electrons. The van der Waals surface area contributed by atoms with Crippen LogP contribution < -0.4 is 10.2 Å². The lowest BCUT2D eigenvalue weighted by Crippen LogP contribution is -2.30. The number of anilines is 1. The van der Waals surface area contributed by atoms with Gasteiger partial charge in [0.2, 0.25) is 0 Å². The number of nitrogens with one attached hydrogen (secondary N) is 1. The lowest BCUT2D eigenvalue weighted by atomic mass is 10.1. The SMILES string of the molecule is CCCNCc1cnccc1N1CCCC1CC. The van der Waals surface area contributed by atoms with Gasteiger partial charge in [0.25, 0.3) is 0 Å². The highest BCUT2D eigenvalue weighted by Gasteiger charge is 2.24. The van der Waals surface area contributed by atoms with E-state index in [0.717, 1.165) is 19.1 Å². The van der Waals surface area contributed by atoms with Gasteiger partial charge in [-0.15, -0.1) is 0 Å². The number of aromatic nitrogens is 1. The zero-order valence-electron chi connectivity index (χ0n) is 11.7. The fourth-order valence-corrected chi connectivity index (χ4v) is 2.81. The minimum absolute atomic E-state index is 0.720. The maximum absolute atomic E-state index is 4.28. The van der Waals surface area contributed by atoms with E-state index < -0.39 is 0 Å². The minimum atomic E-state index is 0.720. The molecular formula is C15H25N3. The molecule has 0 bridgehead atoms. The summed E-state index contributed by atoms with van der Waals surface area (Å²) in [6.07, 6.45) is 9.01. The molecule has 1 N–H and O–H groups in total. The first kappa shape index (κ1) is 13.3. The molecule has 0 spiro atoms. The number of hydrogen-bond acceptors (Lipinski definition) is 3. The summed E-state index contributed by atoms with van der Waals surface area (Å²) in [6, 6.07) is 2.90. The molecule has 0 saturated carbocycles. The van der Waals surface area contributed by atoms with Gasteiger partial charge in [0.15, 0.2) is 0 Å². The maximum atomic E-state index is 4.28. The van der Waals surface area contributed by atoms with E-state index in [1.165, 1.54) is 43.5 Å². The van der Waals surface area contributed by atoms with E-state index in [-0.39, 0.29) is 0 Å². The van der Waals surface area contributed by atoms with Gasteiger partial charge in [-0.05, 0) is 38.3 Å². The first-order valence-electron chi connectivity index (χ1n) is 7.27. The quantitative estimate of drug-likeness (QED) is 0.783. The summed E-state index contributed by atoms with van der Waals surface area (Å²) in [5, 5.41) is 3.48. The second-order valence-corrected chi connectivity index (χ2v) is 5.08. The summed E-state index contributed by atoms with van der Waals surface area (Å²) in [5.74, 6) is 0. The van der Waals surface area contributed by atoms with Crippen molar-refractivity contribution < 1.29 is 0 Å². The van der Waals surface area contributed by atoms with E-state index in [0.29, 0.717) is 0 Å². The lowest BCUT2D eigenvalue weighted by molar-refractivity contribution is 0.635. The third kappa shape index (κ3) is 3.02. The van der Waals surface area contributed by atoms with E-state index in [4.69, 9.17) is 0 Å². The molecule has 100 valence electrons. The third-order valence-corrected chi connectivity index (χ3v) is 3.78. The molecule has 2 heterocycles. The van der Waals surface area contributed by atoms with Crippen LogP contribution in [0.15, 0.2) is 18.5 Å². The predicted octanol–water partition coefficient (Wildman–Crippen LogP) is 2.96. The smallest absolute Gasteiger partial charge is 0.0445 e. The Morgan fingerprint density at radius 3 is 3.11 bits per heavy atom. The van der Waals surface area contributed by atoms with Gasteiger partial charge in [0.1, 0.15) is 0 Å². The molecule has 1 aromatic rings. The Kier molecular flexibility index (Phi) is 5.00. The molecule has 1 unspecified atom stereocenters. The summed E-state index contributed by atoms with van der Waals surface area (Å²) in [6.45, 7) is 7.70. The average Bonchev–Trinajstić information content (AvgIpc) is 2.88. The van der Waals surface area contributed by atoms with Crippen LogP contribution in [0, 0.1) is 0 Å². The van der Waals surface area contributed by atoms with Crippen molar-refractivity contribution >= 4 is 5.69 Å².